The van der Waals surface area contributed by atoms with Gasteiger partial charge in [0.05, 0.1) is 5.56 Å². The van der Waals surface area contributed by atoms with E-state index >= 15 is 0 Å². The number of nitrogens with zero attached hydrogens (tertiary/aromatic N) is 1. The van der Waals surface area contributed by atoms with Gasteiger partial charge in [0.15, 0.2) is 11.6 Å². The van der Waals surface area contributed by atoms with Gasteiger partial charge >= 0.3 is 0 Å². The van der Waals surface area contributed by atoms with Gasteiger partial charge in [-0.2, -0.15) is 0 Å². The zero-order valence-corrected chi connectivity index (χ0v) is 9.93. The molecule has 1 aliphatic rings. The van der Waals surface area contributed by atoms with E-state index in [1.54, 1.807) is 0 Å². The molecular weight excluding hydrogens is 279 g/mol. The fourth-order valence-corrected chi connectivity index (χ4v) is 2.72. The topological polar surface area (TPSA) is 37.4 Å². The summed E-state index contributed by atoms with van der Waals surface area (Å²) in [5.41, 5.74) is -0.752. The smallest absolute Gasteiger partial charge is 0.268 e. The summed E-state index contributed by atoms with van der Waals surface area (Å²) in [5.74, 6) is -5.33. The second kappa shape index (κ2) is 3.92. The number of anilines is 1. The van der Waals surface area contributed by atoms with Crippen LogP contribution in [0.1, 0.15) is 20.0 Å². The lowest BCUT2D eigenvalue weighted by atomic mass is 10.2. The monoisotopic (exact) mass is 283 g/mol. The van der Waals surface area contributed by atoms with Crippen molar-refractivity contribution in [3.05, 3.63) is 51.5 Å². The zero-order chi connectivity index (χ0) is 13.7. The Balaban J connectivity index is 2.18. The van der Waals surface area contributed by atoms with Gasteiger partial charge in [-0.3, -0.25) is 9.59 Å². The Morgan fingerprint density at radius 2 is 1.63 bits per heavy atom. The van der Waals surface area contributed by atoms with Gasteiger partial charge in [-0.1, -0.05) is 0 Å². The summed E-state index contributed by atoms with van der Waals surface area (Å²) in [6.07, 6.45) is 0. The summed E-state index contributed by atoms with van der Waals surface area (Å²) in [6.45, 7) is 0. The average Bonchev–Trinajstić information content (AvgIpc) is 2.87. The quantitative estimate of drug-likeness (QED) is 0.754. The number of imide groups is 1. The molecule has 0 unspecified atom stereocenters. The number of thiophene rings is 1. The van der Waals surface area contributed by atoms with Gasteiger partial charge in [-0.05, 0) is 11.4 Å². The van der Waals surface area contributed by atoms with Crippen molar-refractivity contribution in [1.29, 1.82) is 0 Å². The maximum absolute atomic E-state index is 13.6. The number of carbonyl (C=O) groups is 2. The lowest BCUT2D eigenvalue weighted by Gasteiger charge is -2.15. The van der Waals surface area contributed by atoms with E-state index in [-0.39, 0.29) is 10.4 Å². The Hall–Kier alpha value is -2.15. The third-order valence-electron chi connectivity index (χ3n) is 2.70. The number of hydrogen-bond donors (Lipinski definition) is 0. The van der Waals surface area contributed by atoms with Crippen molar-refractivity contribution in [3.63, 3.8) is 0 Å². The predicted molar refractivity (Wildman–Crippen MR) is 61.8 cm³/mol. The van der Waals surface area contributed by atoms with Crippen molar-refractivity contribution in [1.82, 2.24) is 0 Å². The van der Waals surface area contributed by atoms with E-state index < -0.39 is 35.0 Å². The van der Waals surface area contributed by atoms with Crippen LogP contribution in [-0.4, -0.2) is 11.8 Å². The minimum atomic E-state index is -1.30. The van der Waals surface area contributed by atoms with E-state index in [9.17, 15) is 22.8 Å². The summed E-state index contributed by atoms with van der Waals surface area (Å²) in [5, 5.41) is 1.54. The first kappa shape index (κ1) is 11.9. The maximum Gasteiger partial charge on any atom is 0.276 e. The van der Waals surface area contributed by atoms with E-state index in [4.69, 9.17) is 0 Å². The highest BCUT2D eigenvalue weighted by atomic mass is 32.1. The summed E-state index contributed by atoms with van der Waals surface area (Å²) >= 11 is 1.01. The first-order valence-corrected chi connectivity index (χ1v) is 5.99. The number of rotatable bonds is 1. The highest BCUT2D eigenvalue weighted by molar-refractivity contribution is 7.13. The highest BCUT2D eigenvalue weighted by Crippen LogP contribution is 2.34. The first-order chi connectivity index (χ1) is 9.00. The molecule has 7 heteroatoms. The summed E-state index contributed by atoms with van der Waals surface area (Å²) in [6, 6.07) is 2.25. The average molecular weight is 283 g/mol. The molecule has 0 N–H and O–H groups in total. The van der Waals surface area contributed by atoms with Crippen LogP contribution in [0.3, 0.4) is 0 Å². The molecule has 0 radical (unpaired) electrons. The fraction of sp³-hybridized carbons (Fsp3) is 0. The molecule has 1 aromatic carbocycles. The molecule has 0 saturated heterocycles. The lowest BCUT2D eigenvalue weighted by Crippen LogP contribution is -2.31. The largest absolute Gasteiger partial charge is 0.276 e. The molecule has 19 heavy (non-hydrogen) atoms. The van der Waals surface area contributed by atoms with Gasteiger partial charge in [-0.15, -0.1) is 11.3 Å². The Morgan fingerprint density at radius 1 is 1.00 bits per heavy atom. The SMILES string of the molecule is O=C1c2ccsc2C(=O)N1c1c(F)cc(F)cc1F. The number of fused-ring (bicyclic) bond motifs is 1. The summed E-state index contributed by atoms with van der Waals surface area (Å²) in [7, 11) is 0. The van der Waals surface area contributed by atoms with Gasteiger partial charge in [0.25, 0.3) is 11.8 Å². The van der Waals surface area contributed by atoms with Crippen LogP contribution in [0.25, 0.3) is 0 Å². The molecule has 0 spiro atoms. The third kappa shape index (κ3) is 1.58. The molecule has 2 aromatic rings. The molecule has 0 aliphatic carbocycles. The summed E-state index contributed by atoms with van der Waals surface area (Å²) < 4.78 is 40.1. The minimum Gasteiger partial charge on any atom is -0.268 e. The van der Waals surface area contributed by atoms with Crippen LogP contribution in [0.5, 0.6) is 0 Å². The molecular formula is C12H4F3NO2S. The number of amides is 2. The van der Waals surface area contributed by atoms with E-state index in [1.165, 1.54) is 11.4 Å². The van der Waals surface area contributed by atoms with Crippen LogP contribution in [0, 0.1) is 17.5 Å². The zero-order valence-electron chi connectivity index (χ0n) is 9.12. The fourth-order valence-electron chi connectivity index (χ4n) is 1.91. The summed E-state index contributed by atoms with van der Waals surface area (Å²) in [4.78, 5) is 24.4. The number of benzene rings is 1. The Morgan fingerprint density at radius 3 is 2.21 bits per heavy atom. The second-order valence-corrected chi connectivity index (χ2v) is 4.74. The number of carbonyl (C=O) groups excluding carboxylic acids is 2. The molecule has 2 amide bonds. The molecule has 3 rings (SSSR count). The van der Waals surface area contributed by atoms with Crippen molar-refractivity contribution in [2.24, 2.45) is 0 Å². The van der Waals surface area contributed by atoms with Gasteiger partial charge in [0.2, 0.25) is 0 Å². The van der Waals surface area contributed by atoms with Crippen LogP contribution in [0.15, 0.2) is 23.6 Å². The van der Waals surface area contributed by atoms with E-state index in [2.05, 4.69) is 0 Å². The van der Waals surface area contributed by atoms with E-state index in [0.717, 1.165) is 11.3 Å². The van der Waals surface area contributed by atoms with E-state index in [0.29, 0.717) is 17.0 Å². The number of hydrogen-bond acceptors (Lipinski definition) is 3. The first-order valence-electron chi connectivity index (χ1n) is 5.11. The number of halogens is 3. The second-order valence-electron chi connectivity index (χ2n) is 3.83. The lowest BCUT2D eigenvalue weighted by molar-refractivity contribution is 0.0924. The molecule has 0 atom stereocenters. The molecule has 1 aromatic heterocycles. The predicted octanol–water partition coefficient (Wildman–Crippen LogP) is 2.97. The normalized spacial score (nSPS) is 14.2. The van der Waals surface area contributed by atoms with Crippen molar-refractivity contribution >= 4 is 28.8 Å². The van der Waals surface area contributed by atoms with Crippen molar-refractivity contribution in [3.8, 4) is 0 Å². The van der Waals surface area contributed by atoms with Crippen LogP contribution in [0.4, 0.5) is 18.9 Å². The Kier molecular flexibility index (Phi) is 2.46. The molecule has 0 saturated carbocycles. The molecule has 3 nitrogen and oxygen atoms in total. The molecule has 0 bridgehead atoms. The molecule has 2 heterocycles. The van der Waals surface area contributed by atoms with Gasteiger partial charge < -0.3 is 0 Å². The third-order valence-corrected chi connectivity index (χ3v) is 3.60. The van der Waals surface area contributed by atoms with Crippen molar-refractivity contribution < 1.29 is 22.8 Å². The van der Waals surface area contributed by atoms with Gasteiger partial charge in [0.1, 0.15) is 16.4 Å². The van der Waals surface area contributed by atoms with Crippen LogP contribution in [-0.2, 0) is 0 Å². The van der Waals surface area contributed by atoms with Gasteiger partial charge in [-0.25, -0.2) is 18.1 Å². The molecule has 1 aliphatic heterocycles. The van der Waals surface area contributed by atoms with Crippen molar-refractivity contribution in [2.45, 2.75) is 0 Å². The minimum absolute atomic E-state index is 0.0955. The van der Waals surface area contributed by atoms with Crippen LogP contribution in [0.2, 0.25) is 0 Å². The van der Waals surface area contributed by atoms with Crippen LogP contribution >= 0.6 is 11.3 Å². The molecule has 0 fully saturated rings. The standard InChI is InChI=1S/C12H4F3NO2S/c13-5-3-7(14)9(8(15)4-5)16-11(17)6-1-2-19-10(6)12(16)18/h1-4H. The van der Waals surface area contributed by atoms with Crippen molar-refractivity contribution in [2.75, 3.05) is 4.90 Å². The van der Waals surface area contributed by atoms with E-state index in [1.807, 2.05) is 0 Å². The Bertz CT molecular complexity index is 672. The Labute approximate surface area is 108 Å². The van der Waals surface area contributed by atoms with Gasteiger partial charge in [0, 0.05) is 12.1 Å². The maximum atomic E-state index is 13.6. The van der Waals surface area contributed by atoms with Crippen LogP contribution < -0.4 is 4.90 Å². The molecule has 96 valence electrons. The highest BCUT2D eigenvalue weighted by Gasteiger charge is 2.40.